The summed E-state index contributed by atoms with van der Waals surface area (Å²) in [5.41, 5.74) is 7.52. The van der Waals surface area contributed by atoms with Gasteiger partial charge in [0, 0.05) is 0 Å². The van der Waals surface area contributed by atoms with E-state index in [0.29, 0.717) is 5.82 Å². The van der Waals surface area contributed by atoms with Crippen molar-refractivity contribution in [3.8, 4) is 5.69 Å². The minimum Gasteiger partial charge on any atom is -0.384 e. The molecule has 0 aliphatic heterocycles. The molecule has 2 N–H and O–H groups in total. The van der Waals surface area contributed by atoms with Gasteiger partial charge in [0.05, 0.1) is 11.9 Å². The summed E-state index contributed by atoms with van der Waals surface area (Å²) in [7, 11) is 0. The number of aromatic nitrogens is 4. The molecule has 0 amide bonds. The van der Waals surface area contributed by atoms with Crippen LogP contribution in [0.15, 0.2) is 24.9 Å². The van der Waals surface area contributed by atoms with E-state index in [4.69, 9.17) is 5.73 Å². The van der Waals surface area contributed by atoms with Gasteiger partial charge >= 0.3 is 0 Å². The molecule has 2 heterocycles. The van der Waals surface area contributed by atoms with Crippen molar-refractivity contribution in [2.24, 2.45) is 0 Å². The van der Waals surface area contributed by atoms with Gasteiger partial charge in [-0.05, 0) is 18.6 Å². The van der Waals surface area contributed by atoms with Gasteiger partial charge in [-0.2, -0.15) is 0 Å². The summed E-state index contributed by atoms with van der Waals surface area (Å²) >= 11 is 0. The molecule has 0 bridgehead atoms. The fourth-order valence-electron chi connectivity index (χ4n) is 1.17. The van der Waals surface area contributed by atoms with Crippen molar-refractivity contribution in [3.63, 3.8) is 0 Å². The third-order valence-electron chi connectivity index (χ3n) is 1.80. The van der Waals surface area contributed by atoms with Gasteiger partial charge in [-0.3, -0.25) is 4.57 Å². The second kappa shape index (κ2) is 2.85. The monoisotopic (exact) mass is 175 g/mol. The Bertz CT molecular complexity index is 406. The minimum atomic E-state index is 0.523. The van der Waals surface area contributed by atoms with Gasteiger partial charge in [0.25, 0.3) is 0 Å². The van der Waals surface area contributed by atoms with Crippen molar-refractivity contribution >= 4 is 5.82 Å². The molecule has 0 saturated heterocycles. The van der Waals surface area contributed by atoms with Crippen LogP contribution in [0, 0.1) is 6.92 Å². The van der Waals surface area contributed by atoms with Gasteiger partial charge in [0.15, 0.2) is 0 Å². The number of hydrogen-bond donors (Lipinski definition) is 1. The van der Waals surface area contributed by atoms with Crippen LogP contribution in [0.4, 0.5) is 5.82 Å². The molecule has 0 aliphatic carbocycles. The lowest BCUT2D eigenvalue weighted by atomic mass is 10.2. The highest BCUT2D eigenvalue weighted by atomic mass is 15.2. The Labute approximate surface area is 75.2 Å². The molecule has 0 aromatic carbocycles. The molecule has 13 heavy (non-hydrogen) atoms. The molecule has 2 aromatic rings. The molecule has 2 aromatic heterocycles. The van der Waals surface area contributed by atoms with Gasteiger partial charge in [0.2, 0.25) is 0 Å². The lowest BCUT2D eigenvalue weighted by molar-refractivity contribution is 1.02. The summed E-state index contributed by atoms with van der Waals surface area (Å²) in [4.78, 5) is 4.00. The van der Waals surface area contributed by atoms with E-state index in [-0.39, 0.29) is 0 Å². The van der Waals surface area contributed by atoms with E-state index in [1.807, 2.05) is 13.0 Å². The summed E-state index contributed by atoms with van der Waals surface area (Å²) in [6, 6.07) is 1.81. The molecular weight excluding hydrogens is 166 g/mol. The molecule has 0 unspecified atom stereocenters. The smallest absolute Gasteiger partial charge is 0.123 e. The lowest BCUT2D eigenvalue weighted by Gasteiger charge is -2.04. The molecule has 0 fully saturated rings. The molecule has 0 aliphatic rings. The third-order valence-corrected chi connectivity index (χ3v) is 1.80. The highest BCUT2D eigenvalue weighted by molar-refractivity contribution is 5.44. The van der Waals surface area contributed by atoms with Crippen LogP contribution >= 0.6 is 0 Å². The number of hydrogen-bond acceptors (Lipinski definition) is 4. The van der Waals surface area contributed by atoms with E-state index in [1.54, 1.807) is 23.4 Å². The topological polar surface area (TPSA) is 69.6 Å². The Morgan fingerprint density at radius 3 is 2.62 bits per heavy atom. The first-order valence-electron chi connectivity index (χ1n) is 3.84. The van der Waals surface area contributed by atoms with Gasteiger partial charge in [0.1, 0.15) is 18.5 Å². The van der Waals surface area contributed by atoms with Gasteiger partial charge in [-0.15, -0.1) is 10.2 Å². The Morgan fingerprint density at radius 1 is 1.31 bits per heavy atom. The minimum absolute atomic E-state index is 0.523. The van der Waals surface area contributed by atoms with E-state index < -0.39 is 0 Å². The second-order valence-electron chi connectivity index (χ2n) is 2.76. The normalized spacial score (nSPS) is 10.2. The molecule has 0 spiro atoms. The van der Waals surface area contributed by atoms with Crippen molar-refractivity contribution < 1.29 is 0 Å². The number of nitrogen functional groups attached to an aromatic ring is 1. The number of aryl methyl sites for hydroxylation is 1. The summed E-state index contributed by atoms with van der Waals surface area (Å²) in [6.07, 6.45) is 4.95. The maximum Gasteiger partial charge on any atom is 0.123 e. The molecule has 0 saturated carbocycles. The average Bonchev–Trinajstić information content (AvgIpc) is 2.56. The van der Waals surface area contributed by atoms with Crippen LogP contribution in [0.2, 0.25) is 0 Å². The largest absolute Gasteiger partial charge is 0.384 e. The molecule has 5 nitrogen and oxygen atoms in total. The average molecular weight is 175 g/mol. The lowest BCUT2D eigenvalue weighted by Crippen LogP contribution is -1.98. The Morgan fingerprint density at radius 2 is 2.00 bits per heavy atom. The van der Waals surface area contributed by atoms with E-state index in [0.717, 1.165) is 11.3 Å². The number of anilines is 1. The number of nitrogens with zero attached hydrogens (tertiary/aromatic N) is 4. The van der Waals surface area contributed by atoms with Crippen molar-refractivity contribution in [3.05, 3.63) is 30.5 Å². The quantitative estimate of drug-likeness (QED) is 0.687. The van der Waals surface area contributed by atoms with Crippen LogP contribution in [0.1, 0.15) is 5.56 Å². The van der Waals surface area contributed by atoms with Crippen molar-refractivity contribution in [2.45, 2.75) is 6.92 Å². The molecular formula is C8H9N5. The zero-order chi connectivity index (χ0) is 9.26. The van der Waals surface area contributed by atoms with E-state index >= 15 is 0 Å². The van der Waals surface area contributed by atoms with E-state index in [2.05, 4.69) is 15.2 Å². The standard InChI is InChI=1S/C8H9N5/c1-6-2-8(9)10-3-7(6)13-4-11-12-5-13/h2-5H,1H3,(H2,9,10). The summed E-state index contributed by atoms with van der Waals surface area (Å²) in [5, 5.41) is 7.43. The predicted octanol–water partition coefficient (Wildman–Crippen LogP) is 0.553. The SMILES string of the molecule is Cc1cc(N)ncc1-n1cnnc1. The molecule has 0 atom stereocenters. The third kappa shape index (κ3) is 1.35. The number of rotatable bonds is 1. The maximum atomic E-state index is 5.53. The highest BCUT2D eigenvalue weighted by Gasteiger charge is 2.01. The Kier molecular flexibility index (Phi) is 1.70. The van der Waals surface area contributed by atoms with Crippen molar-refractivity contribution in [1.29, 1.82) is 0 Å². The number of pyridine rings is 1. The van der Waals surface area contributed by atoms with Crippen molar-refractivity contribution in [1.82, 2.24) is 19.7 Å². The first-order chi connectivity index (χ1) is 6.27. The Balaban J connectivity index is 2.53. The van der Waals surface area contributed by atoms with Crippen LogP contribution in [-0.2, 0) is 0 Å². The zero-order valence-corrected chi connectivity index (χ0v) is 7.18. The zero-order valence-electron chi connectivity index (χ0n) is 7.18. The summed E-state index contributed by atoms with van der Waals surface area (Å²) in [6.45, 7) is 1.97. The molecule has 0 radical (unpaired) electrons. The molecule has 2 rings (SSSR count). The highest BCUT2D eigenvalue weighted by Crippen LogP contribution is 2.13. The molecule has 5 heteroatoms. The molecule has 66 valence electrons. The van der Waals surface area contributed by atoms with Crippen LogP contribution in [-0.4, -0.2) is 19.7 Å². The fourth-order valence-corrected chi connectivity index (χ4v) is 1.17. The van der Waals surface area contributed by atoms with Crippen molar-refractivity contribution in [2.75, 3.05) is 5.73 Å². The maximum absolute atomic E-state index is 5.53. The fraction of sp³-hybridized carbons (Fsp3) is 0.125. The number of nitrogens with two attached hydrogens (primary N) is 1. The van der Waals surface area contributed by atoms with E-state index in [1.165, 1.54) is 0 Å². The van der Waals surface area contributed by atoms with Crippen LogP contribution in [0.5, 0.6) is 0 Å². The van der Waals surface area contributed by atoms with Crippen LogP contribution in [0.25, 0.3) is 5.69 Å². The summed E-state index contributed by atoms with van der Waals surface area (Å²) in [5.74, 6) is 0.523. The van der Waals surface area contributed by atoms with Gasteiger partial charge < -0.3 is 5.73 Å². The van der Waals surface area contributed by atoms with Crippen LogP contribution < -0.4 is 5.73 Å². The summed E-state index contributed by atoms with van der Waals surface area (Å²) < 4.78 is 1.79. The van der Waals surface area contributed by atoms with Gasteiger partial charge in [-0.1, -0.05) is 0 Å². The van der Waals surface area contributed by atoms with E-state index in [9.17, 15) is 0 Å². The first-order valence-corrected chi connectivity index (χ1v) is 3.84. The first kappa shape index (κ1) is 7.72. The predicted molar refractivity (Wildman–Crippen MR) is 48.3 cm³/mol. The Hall–Kier alpha value is -1.91. The van der Waals surface area contributed by atoms with Crippen LogP contribution in [0.3, 0.4) is 0 Å². The second-order valence-corrected chi connectivity index (χ2v) is 2.76. The van der Waals surface area contributed by atoms with Gasteiger partial charge in [-0.25, -0.2) is 4.98 Å².